The second kappa shape index (κ2) is 4.80. The first-order chi connectivity index (χ1) is 7.35. The molecular weight excluding hydrogens is 182 g/mol. The van der Waals surface area contributed by atoms with E-state index in [9.17, 15) is 0 Å². The van der Waals surface area contributed by atoms with Gasteiger partial charge in [-0.3, -0.25) is 0 Å². The van der Waals surface area contributed by atoms with Gasteiger partial charge < -0.3 is 5.32 Å². The SMILES string of the molecule is CCNC(c1cccc(CC)c1)C1CC1. The van der Waals surface area contributed by atoms with Crippen LogP contribution in [0.3, 0.4) is 0 Å². The maximum Gasteiger partial charge on any atom is 0.0348 e. The van der Waals surface area contributed by atoms with Crippen molar-refractivity contribution >= 4 is 0 Å². The van der Waals surface area contributed by atoms with Crippen molar-refractivity contribution < 1.29 is 0 Å². The lowest BCUT2D eigenvalue weighted by Gasteiger charge is -2.18. The van der Waals surface area contributed by atoms with Crippen LogP contribution >= 0.6 is 0 Å². The topological polar surface area (TPSA) is 12.0 Å². The summed E-state index contributed by atoms with van der Waals surface area (Å²) in [4.78, 5) is 0. The van der Waals surface area contributed by atoms with Crippen molar-refractivity contribution in [2.75, 3.05) is 6.54 Å². The Morgan fingerprint density at radius 1 is 1.33 bits per heavy atom. The Morgan fingerprint density at radius 3 is 2.73 bits per heavy atom. The van der Waals surface area contributed by atoms with Crippen LogP contribution in [0.15, 0.2) is 24.3 Å². The minimum Gasteiger partial charge on any atom is -0.310 e. The maximum absolute atomic E-state index is 3.61. The van der Waals surface area contributed by atoms with Crippen LogP contribution in [-0.2, 0) is 6.42 Å². The monoisotopic (exact) mass is 203 g/mol. The molecule has 0 aromatic heterocycles. The van der Waals surface area contributed by atoms with Crippen molar-refractivity contribution in [3.63, 3.8) is 0 Å². The van der Waals surface area contributed by atoms with Gasteiger partial charge >= 0.3 is 0 Å². The van der Waals surface area contributed by atoms with Gasteiger partial charge in [-0.05, 0) is 42.9 Å². The van der Waals surface area contributed by atoms with Crippen molar-refractivity contribution in [1.82, 2.24) is 5.32 Å². The van der Waals surface area contributed by atoms with Crippen LogP contribution in [0.25, 0.3) is 0 Å². The van der Waals surface area contributed by atoms with E-state index < -0.39 is 0 Å². The van der Waals surface area contributed by atoms with E-state index in [1.54, 1.807) is 0 Å². The molecule has 1 aromatic rings. The predicted octanol–water partition coefficient (Wildman–Crippen LogP) is 3.31. The van der Waals surface area contributed by atoms with E-state index in [4.69, 9.17) is 0 Å². The zero-order valence-electron chi connectivity index (χ0n) is 9.79. The maximum atomic E-state index is 3.61. The van der Waals surface area contributed by atoms with Crippen molar-refractivity contribution in [2.24, 2.45) is 5.92 Å². The quantitative estimate of drug-likeness (QED) is 0.774. The highest BCUT2D eigenvalue weighted by Gasteiger charge is 2.31. The van der Waals surface area contributed by atoms with Crippen LogP contribution in [0.1, 0.15) is 43.9 Å². The molecule has 1 nitrogen and oxygen atoms in total. The lowest BCUT2D eigenvalue weighted by Crippen LogP contribution is -2.22. The number of nitrogens with one attached hydrogen (secondary N) is 1. The molecule has 1 fully saturated rings. The van der Waals surface area contributed by atoms with Crippen LogP contribution < -0.4 is 5.32 Å². The van der Waals surface area contributed by atoms with Gasteiger partial charge in [-0.2, -0.15) is 0 Å². The van der Waals surface area contributed by atoms with E-state index >= 15 is 0 Å². The molecule has 1 aromatic carbocycles. The molecule has 1 aliphatic rings. The minimum absolute atomic E-state index is 0.599. The smallest absolute Gasteiger partial charge is 0.0348 e. The summed E-state index contributed by atoms with van der Waals surface area (Å²) >= 11 is 0. The van der Waals surface area contributed by atoms with E-state index in [0.29, 0.717) is 6.04 Å². The van der Waals surface area contributed by atoms with Crippen LogP contribution in [0.2, 0.25) is 0 Å². The fourth-order valence-electron chi connectivity index (χ4n) is 2.21. The summed E-state index contributed by atoms with van der Waals surface area (Å²) in [6, 6.07) is 9.65. The van der Waals surface area contributed by atoms with Crippen molar-refractivity contribution in [3.8, 4) is 0 Å². The number of aryl methyl sites for hydroxylation is 1. The molecule has 0 saturated heterocycles. The molecule has 1 atom stereocenters. The molecular formula is C14H21N. The average Bonchev–Trinajstić information content (AvgIpc) is 3.10. The van der Waals surface area contributed by atoms with Gasteiger partial charge in [0.25, 0.3) is 0 Å². The fraction of sp³-hybridized carbons (Fsp3) is 0.571. The Balaban J connectivity index is 2.16. The summed E-state index contributed by atoms with van der Waals surface area (Å²) in [6.45, 7) is 5.48. The van der Waals surface area contributed by atoms with Crippen molar-refractivity contribution in [2.45, 2.75) is 39.2 Å². The minimum atomic E-state index is 0.599. The highest BCUT2D eigenvalue weighted by atomic mass is 14.9. The first-order valence-corrected chi connectivity index (χ1v) is 6.17. The standard InChI is InChI=1S/C14H21N/c1-3-11-6-5-7-13(10-11)14(15-4-2)12-8-9-12/h5-7,10,12,14-15H,3-4,8-9H2,1-2H3. The van der Waals surface area contributed by atoms with Crippen LogP contribution in [0.4, 0.5) is 0 Å². The Bertz CT molecular complexity index is 315. The van der Waals surface area contributed by atoms with Gasteiger partial charge in [0.1, 0.15) is 0 Å². The van der Waals surface area contributed by atoms with Gasteiger partial charge in [0, 0.05) is 6.04 Å². The number of hydrogen-bond donors (Lipinski definition) is 1. The third-order valence-electron chi connectivity index (χ3n) is 3.24. The van der Waals surface area contributed by atoms with Gasteiger partial charge in [-0.25, -0.2) is 0 Å². The molecule has 2 rings (SSSR count). The summed E-state index contributed by atoms with van der Waals surface area (Å²) in [5.41, 5.74) is 2.94. The number of hydrogen-bond acceptors (Lipinski definition) is 1. The molecule has 1 heteroatoms. The average molecular weight is 203 g/mol. The summed E-state index contributed by atoms with van der Waals surface area (Å²) in [6.07, 6.45) is 3.93. The molecule has 1 aliphatic carbocycles. The first-order valence-electron chi connectivity index (χ1n) is 6.17. The van der Waals surface area contributed by atoms with E-state index in [2.05, 4.69) is 43.4 Å². The van der Waals surface area contributed by atoms with Gasteiger partial charge in [-0.1, -0.05) is 38.1 Å². The molecule has 1 N–H and O–H groups in total. The molecule has 15 heavy (non-hydrogen) atoms. The van der Waals surface area contributed by atoms with E-state index in [1.807, 2.05) is 0 Å². The molecule has 0 heterocycles. The Hall–Kier alpha value is -0.820. The largest absolute Gasteiger partial charge is 0.310 e. The van der Waals surface area contributed by atoms with Crippen molar-refractivity contribution in [3.05, 3.63) is 35.4 Å². The molecule has 1 saturated carbocycles. The van der Waals surface area contributed by atoms with Gasteiger partial charge in [-0.15, -0.1) is 0 Å². The zero-order valence-corrected chi connectivity index (χ0v) is 9.79. The third-order valence-corrected chi connectivity index (χ3v) is 3.24. The number of benzene rings is 1. The summed E-state index contributed by atoms with van der Waals surface area (Å²) in [7, 11) is 0. The summed E-state index contributed by atoms with van der Waals surface area (Å²) in [5, 5.41) is 3.61. The third kappa shape index (κ3) is 2.60. The predicted molar refractivity (Wildman–Crippen MR) is 65.0 cm³/mol. The van der Waals surface area contributed by atoms with Gasteiger partial charge in [0.15, 0.2) is 0 Å². The van der Waals surface area contributed by atoms with E-state index in [-0.39, 0.29) is 0 Å². The van der Waals surface area contributed by atoms with Crippen LogP contribution in [-0.4, -0.2) is 6.54 Å². The number of rotatable bonds is 5. The lowest BCUT2D eigenvalue weighted by atomic mass is 9.99. The molecule has 0 bridgehead atoms. The molecule has 0 spiro atoms. The van der Waals surface area contributed by atoms with Crippen LogP contribution in [0.5, 0.6) is 0 Å². The molecule has 0 radical (unpaired) electrons. The highest BCUT2D eigenvalue weighted by Crippen LogP contribution is 2.41. The Labute approximate surface area is 92.9 Å². The summed E-state index contributed by atoms with van der Waals surface area (Å²) < 4.78 is 0. The van der Waals surface area contributed by atoms with E-state index in [1.165, 1.54) is 24.0 Å². The molecule has 1 unspecified atom stereocenters. The molecule has 0 aliphatic heterocycles. The van der Waals surface area contributed by atoms with Gasteiger partial charge in [0.05, 0.1) is 0 Å². The van der Waals surface area contributed by atoms with Crippen LogP contribution in [0, 0.1) is 5.92 Å². The normalized spacial score (nSPS) is 17.7. The van der Waals surface area contributed by atoms with Gasteiger partial charge in [0.2, 0.25) is 0 Å². The zero-order chi connectivity index (χ0) is 10.7. The summed E-state index contributed by atoms with van der Waals surface area (Å²) in [5.74, 6) is 0.886. The lowest BCUT2D eigenvalue weighted by molar-refractivity contribution is 0.496. The Morgan fingerprint density at radius 2 is 2.13 bits per heavy atom. The van der Waals surface area contributed by atoms with Crippen molar-refractivity contribution in [1.29, 1.82) is 0 Å². The fourth-order valence-corrected chi connectivity index (χ4v) is 2.21. The first kappa shape index (κ1) is 10.7. The highest BCUT2D eigenvalue weighted by molar-refractivity contribution is 5.27. The van der Waals surface area contributed by atoms with E-state index in [0.717, 1.165) is 18.9 Å². The molecule has 82 valence electrons. The second-order valence-electron chi connectivity index (χ2n) is 4.47. The Kier molecular flexibility index (Phi) is 3.42. The second-order valence-corrected chi connectivity index (χ2v) is 4.47. The molecule has 0 amide bonds.